The van der Waals surface area contributed by atoms with Crippen molar-refractivity contribution in [1.82, 2.24) is 15.0 Å². The highest BCUT2D eigenvalue weighted by Gasteiger charge is 2.21. The van der Waals surface area contributed by atoms with Crippen LogP contribution in [0.3, 0.4) is 0 Å². The van der Waals surface area contributed by atoms with E-state index in [1.807, 2.05) is 36.4 Å². The number of benzene rings is 2. The van der Waals surface area contributed by atoms with Crippen LogP contribution in [0, 0.1) is 0 Å². The lowest BCUT2D eigenvalue weighted by molar-refractivity contribution is 0.0601. The second kappa shape index (κ2) is 7.94. The van der Waals surface area contributed by atoms with Gasteiger partial charge in [-0.1, -0.05) is 30.3 Å². The maximum absolute atomic E-state index is 11.8. The zero-order valence-electron chi connectivity index (χ0n) is 15.2. The molecule has 0 aliphatic heterocycles. The predicted molar refractivity (Wildman–Crippen MR) is 111 cm³/mol. The Morgan fingerprint density at radius 2 is 1.96 bits per heavy atom. The molecule has 4 aromatic rings. The van der Waals surface area contributed by atoms with Gasteiger partial charge >= 0.3 is 5.97 Å². The number of aromatic nitrogens is 3. The molecular weight excluding hydrogens is 418 g/mol. The number of halogens is 1. The van der Waals surface area contributed by atoms with Crippen molar-refractivity contribution in [3.8, 4) is 0 Å². The fraction of sp³-hybridized carbons (Fsp3) is 0.136. The standard InChI is InChI=1S/C22H18BrN3O2/c1-28-22(27)15-7-9-19-20(12-15)26-21(25-19)17(11-14-5-3-2-4-6-14)18-10-8-16(23)13-24-18/h2-10,12-13,17H,11H2,1H3,(H,25,26). The molecule has 2 aromatic heterocycles. The lowest BCUT2D eigenvalue weighted by Gasteiger charge is -2.14. The Bertz CT molecular complexity index is 1110. The molecular formula is C22H18BrN3O2. The lowest BCUT2D eigenvalue weighted by atomic mass is 9.95. The zero-order valence-corrected chi connectivity index (χ0v) is 16.8. The molecule has 0 saturated heterocycles. The number of H-pyrrole nitrogens is 1. The van der Waals surface area contributed by atoms with Gasteiger partial charge in [0.25, 0.3) is 0 Å². The van der Waals surface area contributed by atoms with Gasteiger partial charge in [-0.3, -0.25) is 4.98 Å². The molecule has 0 fully saturated rings. The Morgan fingerprint density at radius 3 is 2.68 bits per heavy atom. The molecule has 0 bridgehead atoms. The number of nitrogens with one attached hydrogen (secondary N) is 1. The first kappa shape index (κ1) is 18.4. The van der Waals surface area contributed by atoms with E-state index in [1.165, 1.54) is 12.7 Å². The number of carbonyl (C=O) groups is 1. The molecule has 2 heterocycles. The summed E-state index contributed by atoms with van der Waals surface area (Å²) in [5.41, 5.74) is 4.23. The molecule has 5 nitrogen and oxygen atoms in total. The van der Waals surface area contributed by atoms with Gasteiger partial charge < -0.3 is 9.72 Å². The minimum absolute atomic E-state index is 0.0375. The number of fused-ring (bicyclic) bond motifs is 1. The summed E-state index contributed by atoms with van der Waals surface area (Å²) >= 11 is 3.44. The van der Waals surface area contributed by atoms with Crippen LogP contribution in [0.2, 0.25) is 0 Å². The van der Waals surface area contributed by atoms with E-state index in [1.54, 1.807) is 18.3 Å². The van der Waals surface area contributed by atoms with Crippen LogP contribution in [-0.4, -0.2) is 28.0 Å². The summed E-state index contributed by atoms with van der Waals surface area (Å²) in [4.78, 5) is 24.6. The van der Waals surface area contributed by atoms with E-state index in [2.05, 4.69) is 38.0 Å². The average molecular weight is 436 g/mol. The quantitative estimate of drug-likeness (QED) is 0.453. The van der Waals surface area contributed by atoms with E-state index in [-0.39, 0.29) is 11.9 Å². The van der Waals surface area contributed by atoms with Crippen molar-refractivity contribution in [2.75, 3.05) is 7.11 Å². The summed E-state index contributed by atoms with van der Waals surface area (Å²) in [5.74, 6) is 0.411. The molecule has 4 rings (SSSR count). The van der Waals surface area contributed by atoms with E-state index < -0.39 is 0 Å². The van der Waals surface area contributed by atoms with Gasteiger partial charge in [-0.15, -0.1) is 0 Å². The Kier molecular flexibility index (Phi) is 5.21. The van der Waals surface area contributed by atoms with E-state index in [0.29, 0.717) is 5.56 Å². The number of pyridine rings is 1. The van der Waals surface area contributed by atoms with Crippen LogP contribution in [0.5, 0.6) is 0 Å². The van der Waals surface area contributed by atoms with Gasteiger partial charge in [0.15, 0.2) is 0 Å². The number of hydrogen-bond donors (Lipinski definition) is 1. The molecule has 0 aliphatic carbocycles. The molecule has 1 N–H and O–H groups in total. The number of ether oxygens (including phenoxy) is 1. The highest BCUT2D eigenvalue weighted by atomic mass is 79.9. The summed E-state index contributed by atoms with van der Waals surface area (Å²) in [6.07, 6.45) is 2.56. The minimum Gasteiger partial charge on any atom is -0.465 e. The molecule has 2 aromatic carbocycles. The molecule has 1 atom stereocenters. The molecule has 0 aliphatic rings. The average Bonchev–Trinajstić information content (AvgIpc) is 3.16. The van der Waals surface area contributed by atoms with Crippen LogP contribution in [-0.2, 0) is 11.2 Å². The third-order valence-electron chi connectivity index (χ3n) is 4.64. The Balaban J connectivity index is 1.76. The van der Waals surface area contributed by atoms with Gasteiger partial charge in [-0.25, -0.2) is 9.78 Å². The maximum Gasteiger partial charge on any atom is 0.337 e. The van der Waals surface area contributed by atoms with Crippen molar-refractivity contribution in [2.45, 2.75) is 12.3 Å². The van der Waals surface area contributed by atoms with Gasteiger partial charge in [0.1, 0.15) is 5.82 Å². The maximum atomic E-state index is 11.8. The van der Waals surface area contributed by atoms with Gasteiger partial charge in [0.2, 0.25) is 0 Å². The third-order valence-corrected chi connectivity index (χ3v) is 5.11. The zero-order chi connectivity index (χ0) is 19.5. The summed E-state index contributed by atoms with van der Waals surface area (Å²) in [6, 6.07) is 19.6. The molecule has 140 valence electrons. The first-order valence-corrected chi connectivity index (χ1v) is 9.66. The summed E-state index contributed by atoms with van der Waals surface area (Å²) in [6.45, 7) is 0. The molecule has 28 heavy (non-hydrogen) atoms. The van der Waals surface area contributed by atoms with Crippen molar-refractivity contribution in [1.29, 1.82) is 0 Å². The molecule has 0 amide bonds. The third kappa shape index (κ3) is 3.82. The first-order valence-electron chi connectivity index (χ1n) is 8.87. The number of methoxy groups -OCH3 is 1. The number of carbonyl (C=O) groups excluding carboxylic acids is 1. The fourth-order valence-corrected chi connectivity index (χ4v) is 3.46. The number of hydrogen-bond acceptors (Lipinski definition) is 4. The molecule has 6 heteroatoms. The van der Waals surface area contributed by atoms with Crippen LogP contribution in [0.15, 0.2) is 71.3 Å². The van der Waals surface area contributed by atoms with Gasteiger partial charge in [-0.05, 0) is 58.2 Å². The lowest BCUT2D eigenvalue weighted by Crippen LogP contribution is -2.09. The van der Waals surface area contributed by atoms with Crippen molar-refractivity contribution >= 4 is 32.9 Å². The van der Waals surface area contributed by atoms with Crippen molar-refractivity contribution < 1.29 is 9.53 Å². The first-order chi connectivity index (χ1) is 13.6. The van der Waals surface area contributed by atoms with Crippen LogP contribution >= 0.6 is 15.9 Å². The van der Waals surface area contributed by atoms with E-state index in [0.717, 1.165) is 33.4 Å². The van der Waals surface area contributed by atoms with Gasteiger partial charge in [0.05, 0.1) is 35.3 Å². The smallest absolute Gasteiger partial charge is 0.337 e. The molecule has 0 saturated carbocycles. The van der Waals surface area contributed by atoms with E-state index in [4.69, 9.17) is 9.72 Å². The van der Waals surface area contributed by atoms with Crippen LogP contribution in [0.4, 0.5) is 0 Å². The van der Waals surface area contributed by atoms with E-state index >= 15 is 0 Å². The summed E-state index contributed by atoms with van der Waals surface area (Å²) < 4.78 is 5.74. The monoisotopic (exact) mass is 435 g/mol. The number of rotatable bonds is 5. The predicted octanol–water partition coefficient (Wildman–Crippen LogP) is 4.88. The van der Waals surface area contributed by atoms with Gasteiger partial charge in [0, 0.05) is 10.7 Å². The number of aromatic amines is 1. The number of imidazole rings is 1. The van der Waals surface area contributed by atoms with Crippen molar-refractivity contribution in [2.24, 2.45) is 0 Å². The summed E-state index contributed by atoms with van der Waals surface area (Å²) in [7, 11) is 1.38. The Hall–Kier alpha value is -2.99. The highest BCUT2D eigenvalue weighted by Crippen LogP contribution is 2.28. The van der Waals surface area contributed by atoms with Crippen LogP contribution in [0.25, 0.3) is 11.0 Å². The number of esters is 1. The SMILES string of the molecule is COC(=O)c1ccc2nc(C(Cc3ccccc3)c3ccc(Br)cn3)[nH]c2c1. The Labute approximate surface area is 170 Å². The van der Waals surface area contributed by atoms with E-state index in [9.17, 15) is 4.79 Å². The number of nitrogens with zero attached hydrogens (tertiary/aromatic N) is 2. The summed E-state index contributed by atoms with van der Waals surface area (Å²) in [5, 5.41) is 0. The van der Waals surface area contributed by atoms with Crippen molar-refractivity contribution in [3.63, 3.8) is 0 Å². The molecule has 0 spiro atoms. The largest absolute Gasteiger partial charge is 0.465 e. The Morgan fingerprint density at radius 1 is 1.14 bits per heavy atom. The fourth-order valence-electron chi connectivity index (χ4n) is 3.22. The second-order valence-corrected chi connectivity index (χ2v) is 7.40. The normalized spacial score (nSPS) is 12.1. The van der Waals surface area contributed by atoms with Crippen LogP contribution < -0.4 is 0 Å². The molecule has 1 unspecified atom stereocenters. The van der Waals surface area contributed by atoms with Crippen LogP contribution in [0.1, 0.15) is 33.4 Å². The minimum atomic E-state index is -0.367. The van der Waals surface area contributed by atoms with Crippen molar-refractivity contribution in [3.05, 3.63) is 94.0 Å². The van der Waals surface area contributed by atoms with Gasteiger partial charge in [-0.2, -0.15) is 0 Å². The second-order valence-electron chi connectivity index (χ2n) is 6.49. The molecule has 0 radical (unpaired) electrons. The highest BCUT2D eigenvalue weighted by molar-refractivity contribution is 9.10. The topological polar surface area (TPSA) is 67.9 Å².